The first-order chi connectivity index (χ1) is 13.1. The van der Waals surface area contributed by atoms with Crippen molar-refractivity contribution in [2.45, 2.75) is 6.54 Å². The number of fused-ring (bicyclic) bond motifs is 1. The molecule has 3 aromatic rings. The van der Waals surface area contributed by atoms with Crippen LogP contribution in [0.4, 0.5) is 0 Å². The summed E-state index contributed by atoms with van der Waals surface area (Å²) in [5, 5.41) is 13.4. The summed E-state index contributed by atoms with van der Waals surface area (Å²) in [5.74, 6) is -0.0595. The number of aromatic nitrogens is 2. The molecule has 0 bridgehead atoms. The highest BCUT2D eigenvalue weighted by Crippen LogP contribution is 2.35. The highest BCUT2D eigenvalue weighted by atomic mass is 32.1. The van der Waals surface area contributed by atoms with Gasteiger partial charge in [-0.05, 0) is 18.2 Å². The van der Waals surface area contributed by atoms with Crippen molar-refractivity contribution in [2.24, 2.45) is 0 Å². The molecule has 1 aliphatic heterocycles. The second kappa shape index (κ2) is 7.08. The summed E-state index contributed by atoms with van der Waals surface area (Å²) in [6.45, 7) is 1.03. The van der Waals surface area contributed by atoms with Crippen LogP contribution >= 0.6 is 11.3 Å². The van der Waals surface area contributed by atoms with Gasteiger partial charge in [0.15, 0.2) is 35.0 Å². The number of carbonyl (C=O) groups excluding carboxylic acids is 1. The van der Waals surface area contributed by atoms with E-state index < -0.39 is 11.9 Å². The Bertz CT molecular complexity index is 1010. The number of nitrogens with one attached hydrogen (secondary N) is 1. The number of aromatic carboxylic acids is 1. The maximum absolute atomic E-state index is 12.5. The number of ether oxygens (including phenoxy) is 2. The summed E-state index contributed by atoms with van der Waals surface area (Å²) in [6.07, 6.45) is 1.19. The quantitative estimate of drug-likeness (QED) is 0.683. The van der Waals surface area contributed by atoms with Crippen molar-refractivity contribution < 1.29 is 28.6 Å². The molecule has 27 heavy (non-hydrogen) atoms. The number of rotatable bonds is 5. The standard InChI is InChI=1S/C17H13N3O6S/c21-16(18-6-13-20-10(7-27-13)17(22)23)14-15(26-8-19-14)9-1-2-11-12(5-9)25-4-3-24-11/h1-2,5,7-8H,3-4,6H2,(H,18,21)(H,22,23). The Morgan fingerprint density at radius 1 is 1.22 bits per heavy atom. The van der Waals surface area contributed by atoms with Gasteiger partial charge in [0.25, 0.3) is 5.91 Å². The normalized spacial score (nSPS) is 12.6. The minimum Gasteiger partial charge on any atom is -0.486 e. The van der Waals surface area contributed by atoms with Crippen LogP contribution in [0.2, 0.25) is 0 Å². The fourth-order valence-electron chi connectivity index (χ4n) is 2.53. The van der Waals surface area contributed by atoms with E-state index in [2.05, 4.69) is 15.3 Å². The molecule has 0 radical (unpaired) electrons. The van der Waals surface area contributed by atoms with Crippen molar-refractivity contribution >= 4 is 23.2 Å². The average molecular weight is 387 g/mol. The van der Waals surface area contributed by atoms with E-state index in [0.29, 0.717) is 41.0 Å². The van der Waals surface area contributed by atoms with Gasteiger partial charge in [0.2, 0.25) is 0 Å². The molecule has 0 fully saturated rings. The van der Waals surface area contributed by atoms with E-state index in [4.69, 9.17) is 19.0 Å². The monoisotopic (exact) mass is 387 g/mol. The lowest BCUT2D eigenvalue weighted by Crippen LogP contribution is -2.23. The van der Waals surface area contributed by atoms with Crippen LogP contribution in [0.15, 0.2) is 34.4 Å². The van der Waals surface area contributed by atoms with Crippen molar-refractivity contribution in [1.82, 2.24) is 15.3 Å². The van der Waals surface area contributed by atoms with Gasteiger partial charge in [0.05, 0.1) is 6.54 Å². The van der Waals surface area contributed by atoms with Gasteiger partial charge in [-0.2, -0.15) is 0 Å². The third-order valence-corrected chi connectivity index (χ3v) is 4.61. The van der Waals surface area contributed by atoms with Crippen LogP contribution in [0.3, 0.4) is 0 Å². The fraction of sp³-hybridized carbons (Fsp3) is 0.176. The van der Waals surface area contributed by atoms with E-state index in [1.54, 1.807) is 18.2 Å². The first-order valence-electron chi connectivity index (χ1n) is 7.91. The van der Waals surface area contributed by atoms with Gasteiger partial charge < -0.3 is 24.3 Å². The molecular formula is C17H13N3O6S. The number of carboxylic acid groups (broad SMARTS) is 1. The number of oxazole rings is 1. The lowest BCUT2D eigenvalue weighted by atomic mass is 10.1. The molecular weight excluding hydrogens is 374 g/mol. The van der Waals surface area contributed by atoms with Gasteiger partial charge in [-0.3, -0.25) is 4.79 Å². The molecule has 0 saturated heterocycles. The number of amides is 1. The predicted octanol–water partition coefficient (Wildman–Crippen LogP) is 2.20. The Morgan fingerprint density at radius 2 is 2.04 bits per heavy atom. The molecule has 0 spiro atoms. The summed E-state index contributed by atoms with van der Waals surface area (Å²) >= 11 is 1.15. The van der Waals surface area contributed by atoms with Crippen molar-refractivity contribution in [1.29, 1.82) is 0 Å². The Balaban J connectivity index is 1.51. The van der Waals surface area contributed by atoms with Gasteiger partial charge in [0, 0.05) is 10.9 Å². The van der Waals surface area contributed by atoms with Crippen LogP contribution in [-0.4, -0.2) is 40.2 Å². The average Bonchev–Trinajstić information content (AvgIpc) is 3.35. The van der Waals surface area contributed by atoms with Crippen LogP contribution in [0.5, 0.6) is 11.5 Å². The Hall–Kier alpha value is -3.40. The van der Waals surface area contributed by atoms with Crippen LogP contribution in [0.25, 0.3) is 11.3 Å². The Labute approximate surface area is 156 Å². The topological polar surface area (TPSA) is 124 Å². The van der Waals surface area contributed by atoms with Crippen molar-refractivity contribution in [3.63, 3.8) is 0 Å². The van der Waals surface area contributed by atoms with Crippen molar-refractivity contribution in [2.75, 3.05) is 13.2 Å². The number of nitrogens with zero attached hydrogens (tertiary/aromatic N) is 2. The van der Waals surface area contributed by atoms with E-state index in [1.807, 2.05) is 0 Å². The molecule has 0 atom stereocenters. The van der Waals surface area contributed by atoms with Crippen molar-refractivity contribution in [3.05, 3.63) is 46.4 Å². The molecule has 4 rings (SSSR count). The van der Waals surface area contributed by atoms with E-state index in [0.717, 1.165) is 11.3 Å². The third kappa shape index (κ3) is 3.47. The largest absolute Gasteiger partial charge is 0.486 e. The maximum Gasteiger partial charge on any atom is 0.355 e. The summed E-state index contributed by atoms with van der Waals surface area (Å²) in [7, 11) is 0. The zero-order valence-corrected chi connectivity index (χ0v) is 14.6. The summed E-state index contributed by atoms with van der Waals surface area (Å²) in [5.41, 5.74) is 0.689. The lowest BCUT2D eigenvalue weighted by Gasteiger charge is -2.18. The number of hydrogen-bond donors (Lipinski definition) is 2. The molecule has 1 aliphatic rings. The Morgan fingerprint density at radius 3 is 2.81 bits per heavy atom. The minimum atomic E-state index is -1.11. The molecule has 1 amide bonds. The summed E-state index contributed by atoms with van der Waals surface area (Å²) in [6, 6.07) is 5.23. The van der Waals surface area contributed by atoms with Crippen molar-refractivity contribution in [3.8, 4) is 22.8 Å². The van der Waals surface area contributed by atoms with Gasteiger partial charge in [-0.25, -0.2) is 14.8 Å². The zero-order chi connectivity index (χ0) is 18.8. The number of hydrogen-bond acceptors (Lipinski definition) is 8. The maximum atomic E-state index is 12.5. The first-order valence-corrected chi connectivity index (χ1v) is 8.79. The SMILES string of the molecule is O=C(O)c1csc(CNC(=O)c2ncoc2-c2ccc3c(c2)OCCO3)n1. The molecule has 9 nitrogen and oxygen atoms in total. The fourth-order valence-corrected chi connectivity index (χ4v) is 3.23. The number of benzene rings is 1. The molecule has 2 aromatic heterocycles. The Kier molecular flexibility index (Phi) is 4.47. The van der Waals surface area contributed by atoms with Gasteiger partial charge in [0.1, 0.15) is 18.2 Å². The zero-order valence-electron chi connectivity index (χ0n) is 13.8. The molecule has 138 valence electrons. The van der Waals surface area contributed by atoms with Crippen LogP contribution in [0, 0.1) is 0 Å². The molecule has 10 heteroatoms. The van der Waals surface area contributed by atoms with E-state index in [-0.39, 0.29) is 17.9 Å². The molecule has 0 unspecified atom stereocenters. The van der Waals surface area contributed by atoms with Gasteiger partial charge in [-0.1, -0.05) is 0 Å². The summed E-state index contributed by atoms with van der Waals surface area (Å²) < 4.78 is 16.4. The molecule has 0 aliphatic carbocycles. The van der Waals surface area contributed by atoms with E-state index in [9.17, 15) is 9.59 Å². The van der Waals surface area contributed by atoms with Crippen LogP contribution < -0.4 is 14.8 Å². The van der Waals surface area contributed by atoms with E-state index >= 15 is 0 Å². The molecule has 0 saturated carbocycles. The number of carboxylic acids is 1. The second-order valence-electron chi connectivity index (χ2n) is 5.50. The highest BCUT2D eigenvalue weighted by Gasteiger charge is 2.21. The second-order valence-corrected chi connectivity index (χ2v) is 6.45. The third-order valence-electron chi connectivity index (χ3n) is 3.76. The molecule has 2 N–H and O–H groups in total. The smallest absolute Gasteiger partial charge is 0.355 e. The first kappa shape index (κ1) is 17.0. The highest BCUT2D eigenvalue weighted by molar-refractivity contribution is 7.09. The van der Waals surface area contributed by atoms with Crippen LogP contribution in [-0.2, 0) is 6.54 Å². The van der Waals surface area contributed by atoms with Crippen LogP contribution in [0.1, 0.15) is 26.0 Å². The number of carbonyl (C=O) groups is 2. The summed E-state index contributed by atoms with van der Waals surface area (Å²) in [4.78, 5) is 31.2. The minimum absolute atomic E-state index is 0.0531. The molecule has 3 heterocycles. The predicted molar refractivity (Wildman–Crippen MR) is 93.2 cm³/mol. The van der Waals surface area contributed by atoms with E-state index in [1.165, 1.54) is 11.8 Å². The van der Waals surface area contributed by atoms with Gasteiger partial charge in [-0.15, -0.1) is 11.3 Å². The molecule has 1 aromatic carbocycles. The van der Waals surface area contributed by atoms with Gasteiger partial charge >= 0.3 is 5.97 Å². The lowest BCUT2D eigenvalue weighted by molar-refractivity contribution is 0.0691. The number of thiazole rings is 1.